The van der Waals surface area contributed by atoms with Crippen molar-refractivity contribution in [3.63, 3.8) is 0 Å². The number of hydrogen-bond donors (Lipinski definition) is 1. The second-order valence-electron chi connectivity index (χ2n) is 8.73. The first-order chi connectivity index (χ1) is 16.5. The van der Waals surface area contributed by atoms with E-state index in [0.29, 0.717) is 30.9 Å². The molecule has 0 spiro atoms. The molecule has 2 atom stereocenters. The molecule has 2 heterocycles. The van der Waals surface area contributed by atoms with E-state index in [-0.39, 0.29) is 24.2 Å². The molecule has 1 aliphatic rings. The molecule has 0 aliphatic carbocycles. The molecule has 34 heavy (non-hydrogen) atoms. The lowest BCUT2D eigenvalue weighted by atomic mass is 10.1. The van der Waals surface area contributed by atoms with Crippen molar-refractivity contribution in [2.45, 2.75) is 31.9 Å². The van der Waals surface area contributed by atoms with Crippen molar-refractivity contribution in [3.05, 3.63) is 90.0 Å². The maximum absolute atomic E-state index is 13.3. The van der Waals surface area contributed by atoms with E-state index < -0.39 is 6.10 Å². The Morgan fingerprint density at radius 2 is 1.91 bits per heavy atom. The molecular weight excluding hydrogens is 433 g/mol. The lowest BCUT2D eigenvalue weighted by Gasteiger charge is -2.19. The van der Waals surface area contributed by atoms with E-state index in [9.17, 15) is 14.3 Å². The van der Waals surface area contributed by atoms with Crippen LogP contribution in [0.25, 0.3) is 11.0 Å². The van der Waals surface area contributed by atoms with Gasteiger partial charge in [0, 0.05) is 24.6 Å². The van der Waals surface area contributed by atoms with Crippen molar-refractivity contribution in [1.29, 1.82) is 0 Å². The lowest BCUT2D eigenvalue weighted by Crippen LogP contribution is -2.26. The molecule has 6 nitrogen and oxygen atoms in total. The number of carbonyl (C=O) groups is 1. The molecular formula is C27H26FN3O3. The Kier molecular flexibility index (Phi) is 6.02. The predicted molar refractivity (Wildman–Crippen MR) is 129 cm³/mol. The second kappa shape index (κ2) is 9.27. The third kappa shape index (κ3) is 4.52. The molecule has 5 rings (SSSR count). The topological polar surface area (TPSA) is 67.6 Å². The zero-order chi connectivity index (χ0) is 23.7. The maximum Gasteiger partial charge on any atom is 0.227 e. The van der Waals surface area contributed by atoms with Crippen molar-refractivity contribution in [3.8, 4) is 5.75 Å². The Hall–Kier alpha value is -3.71. The summed E-state index contributed by atoms with van der Waals surface area (Å²) in [5, 5.41) is 10.8. The minimum absolute atomic E-state index is 0.0291. The van der Waals surface area contributed by atoms with E-state index in [2.05, 4.69) is 0 Å². The Bertz CT molecular complexity index is 1320. The van der Waals surface area contributed by atoms with Gasteiger partial charge in [0.1, 0.15) is 30.1 Å². The van der Waals surface area contributed by atoms with Gasteiger partial charge in [-0.1, -0.05) is 24.3 Å². The molecule has 1 aromatic heterocycles. The molecule has 4 aromatic rings. The summed E-state index contributed by atoms with van der Waals surface area (Å²) < 4.78 is 21.1. The molecule has 1 N–H and O–H groups in total. The van der Waals surface area contributed by atoms with Gasteiger partial charge < -0.3 is 19.3 Å². The van der Waals surface area contributed by atoms with Gasteiger partial charge in [-0.2, -0.15) is 0 Å². The third-order valence-electron chi connectivity index (χ3n) is 6.14. The van der Waals surface area contributed by atoms with Crippen molar-refractivity contribution in [2.75, 3.05) is 18.1 Å². The summed E-state index contributed by atoms with van der Waals surface area (Å²) >= 11 is 0. The fourth-order valence-corrected chi connectivity index (χ4v) is 4.51. The molecule has 174 valence electrons. The van der Waals surface area contributed by atoms with Crippen molar-refractivity contribution < 1.29 is 19.0 Å². The molecule has 0 bridgehead atoms. The number of fused-ring (bicyclic) bond motifs is 1. The first kappa shape index (κ1) is 22.1. The van der Waals surface area contributed by atoms with Crippen LogP contribution < -0.4 is 9.64 Å². The summed E-state index contributed by atoms with van der Waals surface area (Å²) in [5.41, 5.74) is 3.48. The number of anilines is 1. The molecule has 7 heteroatoms. The van der Waals surface area contributed by atoms with Crippen molar-refractivity contribution in [1.82, 2.24) is 9.55 Å². The number of aliphatic hydroxyl groups excluding tert-OH is 1. The lowest BCUT2D eigenvalue weighted by molar-refractivity contribution is -0.117. The van der Waals surface area contributed by atoms with Gasteiger partial charge >= 0.3 is 0 Å². The summed E-state index contributed by atoms with van der Waals surface area (Å²) in [4.78, 5) is 19.3. The Morgan fingerprint density at radius 1 is 1.12 bits per heavy atom. The number of para-hydroxylation sites is 2. The highest BCUT2D eigenvalue weighted by atomic mass is 19.1. The van der Waals surface area contributed by atoms with E-state index in [1.54, 1.807) is 17.0 Å². The molecule has 3 aromatic carbocycles. The summed E-state index contributed by atoms with van der Waals surface area (Å²) in [5.74, 6) is 0.962. The number of amides is 1. The average Bonchev–Trinajstić information content (AvgIpc) is 3.39. The average molecular weight is 460 g/mol. The maximum atomic E-state index is 13.3. The monoisotopic (exact) mass is 459 g/mol. The molecule has 1 saturated heterocycles. The number of halogens is 1. The molecule has 1 fully saturated rings. The van der Waals surface area contributed by atoms with E-state index in [1.807, 2.05) is 60.0 Å². The van der Waals surface area contributed by atoms with Crippen LogP contribution >= 0.6 is 0 Å². The van der Waals surface area contributed by atoms with E-state index in [4.69, 9.17) is 9.72 Å². The van der Waals surface area contributed by atoms with Gasteiger partial charge in [0.15, 0.2) is 0 Å². The van der Waals surface area contributed by atoms with E-state index in [1.165, 1.54) is 12.1 Å². The van der Waals surface area contributed by atoms with E-state index >= 15 is 0 Å². The van der Waals surface area contributed by atoms with E-state index in [0.717, 1.165) is 22.4 Å². The van der Waals surface area contributed by atoms with Crippen LogP contribution in [0.4, 0.5) is 10.1 Å². The molecule has 0 unspecified atom stereocenters. The van der Waals surface area contributed by atoms with Crippen LogP contribution in [0.1, 0.15) is 23.7 Å². The standard InChI is InChI=1S/C27H26FN3O3/c1-18-5-4-6-23(13-18)34-17-22(32)16-31-25-8-3-2-7-24(25)29-27(31)19-14-26(33)30(15-19)21-11-9-20(28)10-12-21/h2-13,19,22,32H,14-17H2,1H3/t19-,22-/m0/s1. The zero-order valence-electron chi connectivity index (χ0n) is 18.9. The number of rotatable bonds is 7. The highest BCUT2D eigenvalue weighted by molar-refractivity contribution is 5.96. The smallest absolute Gasteiger partial charge is 0.227 e. The number of aliphatic hydroxyl groups is 1. The fourth-order valence-electron chi connectivity index (χ4n) is 4.51. The number of benzene rings is 3. The van der Waals surface area contributed by atoms with Gasteiger partial charge in [-0.3, -0.25) is 4.79 Å². The Balaban J connectivity index is 1.38. The number of aryl methyl sites for hydroxylation is 1. The second-order valence-corrected chi connectivity index (χ2v) is 8.73. The minimum Gasteiger partial charge on any atom is -0.491 e. The fraction of sp³-hybridized carbons (Fsp3) is 0.259. The van der Waals surface area contributed by atoms with Crippen LogP contribution in [-0.2, 0) is 11.3 Å². The van der Waals surface area contributed by atoms with Crippen LogP contribution in [0.15, 0.2) is 72.8 Å². The van der Waals surface area contributed by atoms with Gasteiger partial charge in [0.25, 0.3) is 0 Å². The summed E-state index contributed by atoms with van der Waals surface area (Å²) in [6, 6.07) is 21.4. The van der Waals surface area contributed by atoms with Crippen LogP contribution in [0.3, 0.4) is 0 Å². The number of ether oxygens (including phenoxy) is 1. The molecule has 0 saturated carbocycles. The predicted octanol–water partition coefficient (Wildman–Crippen LogP) is 4.44. The number of imidazole rings is 1. The van der Waals surface area contributed by atoms with Gasteiger partial charge in [0.2, 0.25) is 5.91 Å². The highest BCUT2D eigenvalue weighted by Gasteiger charge is 2.35. The van der Waals surface area contributed by atoms with Crippen LogP contribution in [0.2, 0.25) is 0 Å². The number of hydrogen-bond acceptors (Lipinski definition) is 4. The normalized spacial score (nSPS) is 16.9. The van der Waals surface area contributed by atoms with Crippen molar-refractivity contribution >= 4 is 22.6 Å². The number of nitrogens with zero attached hydrogens (tertiary/aromatic N) is 3. The van der Waals surface area contributed by atoms with Crippen LogP contribution in [0.5, 0.6) is 5.75 Å². The van der Waals surface area contributed by atoms with Gasteiger partial charge in [-0.05, 0) is 61.0 Å². The van der Waals surface area contributed by atoms with Crippen LogP contribution in [0, 0.1) is 12.7 Å². The molecule has 1 aliphatic heterocycles. The SMILES string of the molecule is Cc1cccc(OC[C@@H](O)Cn2c([C@H]3CC(=O)N(c4ccc(F)cc4)C3)nc3ccccc32)c1. The zero-order valence-corrected chi connectivity index (χ0v) is 18.9. The van der Waals surface area contributed by atoms with Crippen molar-refractivity contribution in [2.24, 2.45) is 0 Å². The van der Waals surface area contributed by atoms with Gasteiger partial charge in [-0.25, -0.2) is 9.37 Å². The summed E-state index contributed by atoms with van der Waals surface area (Å²) in [6.07, 6.45) is -0.460. The molecule has 0 radical (unpaired) electrons. The quantitative estimate of drug-likeness (QED) is 0.444. The minimum atomic E-state index is -0.762. The Morgan fingerprint density at radius 3 is 2.71 bits per heavy atom. The largest absolute Gasteiger partial charge is 0.491 e. The third-order valence-corrected chi connectivity index (χ3v) is 6.14. The van der Waals surface area contributed by atoms with Gasteiger partial charge in [0.05, 0.1) is 17.6 Å². The highest BCUT2D eigenvalue weighted by Crippen LogP contribution is 2.33. The first-order valence-corrected chi connectivity index (χ1v) is 11.4. The molecule has 1 amide bonds. The van der Waals surface area contributed by atoms with Crippen LogP contribution in [-0.4, -0.2) is 39.8 Å². The van der Waals surface area contributed by atoms with Gasteiger partial charge in [-0.15, -0.1) is 0 Å². The number of carbonyl (C=O) groups excluding carboxylic acids is 1. The summed E-state index contributed by atoms with van der Waals surface area (Å²) in [6.45, 7) is 2.87. The first-order valence-electron chi connectivity index (χ1n) is 11.4. The number of aromatic nitrogens is 2. The summed E-state index contributed by atoms with van der Waals surface area (Å²) in [7, 11) is 0. The Labute approximate surface area is 197 Å².